The van der Waals surface area contributed by atoms with Crippen LogP contribution >= 0.6 is 0 Å². The van der Waals surface area contributed by atoms with Crippen molar-refractivity contribution in [1.82, 2.24) is 5.32 Å². The van der Waals surface area contributed by atoms with Crippen molar-refractivity contribution in [3.63, 3.8) is 0 Å². The molecular weight excluding hydrogens is 396 g/mol. The van der Waals surface area contributed by atoms with E-state index in [9.17, 15) is 14.4 Å². The van der Waals surface area contributed by atoms with Gasteiger partial charge in [-0.25, -0.2) is 4.79 Å². The number of benzene rings is 2. The number of esters is 1. The number of nitrogens with one attached hydrogen (secondary N) is 2. The molecule has 0 saturated carbocycles. The van der Waals surface area contributed by atoms with Gasteiger partial charge in [-0.1, -0.05) is 39.8 Å². The van der Waals surface area contributed by atoms with Crippen LogP contribution in [0.5, 0.6) is 5.75 Å². The van der Waals surface area contributed by atoms with Crippen LogP contribution in [-0.4, -0.2) is 37.5 Å². The molecular formula is C24H30N2O5. The van der Waals surface area contributed by atoms with Gasteiger partial charge < -0.3 is 20.1 Å². The zero-order valence-electron chi connectivity index (χ0n) is 18.6. The number of ether oxygens (including phenoxy) is 2. The maximum atomic E-state index is 12.5. The lowest BCUT2D eigenvalue weighted by molar-refractivity contribution is -0.150. The van der Waals surface area contributed by atoms with Gasteiger partial charge in [0.25, 0.3) is 11.8 Å². The van der Waals surface area contributed by atoms with E-state index in [1.54, 1.807) is 50.2 Å². The lowest BCUT2D eigenvalue weighted by Gasteiger charge is -2.21. The molecule has 2 aromatic carbocycles. The molecule has 2 rings (SSSR count). The van der Waals surface area contributed by atoms with E-state index in [-0.39, 0.29) is 5.92 Å². The number of anilines is 1. The number of amides is 2. The summed E-state index contributed by atoms with van der Waals surface area (Å²) < 4.78 is 10.2. The standard InChI is InChI=1S/C24H30N2O5/c1-15(2)17-6-10-19(11-7-17)25-21(27)14-31-24(29)22(16(3)4)26-23(28)18-8-12-20(30-5)13-9-18/h6-13,15-16,22H,14H2,1-5H3,(H,25,27)(H,26,28). The molecule has 166 valence electrons. The van der Waals surface area contributed by atoms with Gasteiger partial charge in [0.2, 0.25) is 0 Å². The molecule has 2 amide bonds. The Labute approximate surface area is 183 Å². The average molecular weight is 427 g/mol. The minimum Gasteiger partial charge on any atom is -0.497 e. The van der Waals surface area contributed by atoms with E-state index in [0.29, 0.717) is 22.9 Å². The largest absolute Gasteiger partial charge is 0.497 e. The first-order chi connectivity index (χ1) is 14.7. The zero-order chi connectivity index (χ0) is 23.0. The number of methoxy groups -OCH3 is 1. The quantitative estimate of drug-likeness (QED) is 0.596. The Morgan fingerprint density at radius 1 is 0.903 bits per heavy atom. The Bertz CT molecular complexity index is 889. The Kier molecular flexibility index (Phi) is 8.61. The van der Waals surface area contributed by atoms with E-state index in [1.807, 2.05) is 12.1 Å². The molecule has 0 bridgehead atoms. The number of hydrogen-bond donors (Lipinski definition) is 2. The molecule has 0 heterocycles. The van der Waals surface area contributed by atoms with Crippen LogP contribution in [0.1, 0.15) is 49.5 Å². The third-order valence-electron chi connectivity index (χ3n) is 4.77. The van der Waals surface area contributed by atoms with Crippen molar-refractivity contribution in [3.05, 3.63) is 59.7 Å². The van der Waals surface area contributed by atoms with E-state index in [2.05, 4.69) is 24.5 Å². The predicted octanol–water partition coefficient (Wildman–Crippen LogP) is 3.75. The van der Waals surface area contributed by atoms with E-state index in [1.165, 1.54) is 7.11 Å². The molecule has 7 heteroatoms. The lowest BCUT2D eigenvalue weighted by atomic mass is 10.0. The second-order valence-electron chi connectivity index (χ2n) is 7.86. The normalized spacial score (nSPS) is 11.7. The highest BCUT2D eigenvalue weighted by Gasteiger charge is 2.26. The molecule has 0 saturated heterocycles. The summed E-state index contributed by atoms with van der Waals surface area (Å²) in [5, 5.41) is 5.37. The minimum absolute atomic E-state index is 0.221. The maximum Gasteiger partial charge on any atom is 0.329 e. The molecule has 0 radical (unpaired) electrons. The Morgan fingerprint density at radius 3 is 2.03 bits per heavy atom. The van der Waals surface area contributed by atoms with E-state index >= 15 is 0 Å². The predicted molar refractivity (Wildman–Crippen MR) is 119 cm³/mol. The van der Waals surface area contributed by atoms with Gasteiger partial charge in [0.15, 0.2) is 6.61 Å². The van der Waals surface area contributed by atoms with Crippen molar-refractivity contribution >= 4 is 23.5 Å². The summed E-state index contributed by atoms with van der Waals surface area (Å²) >= 11 is 0. The average Bonchev–Trinajstić information content (AvgIpc) is 2.75. The van der Waals surface area contributed by atoms with Crippen LogP contribution in [0, 0.1) is 5.92 Å². The molecule has 0 aliphatic carbocycles. The van der Waals surface area contributed by atoms with Gasteiger partial charge in [0.1, 0.15) is 11.8 Å². The molecule has 0 aliphatic rings. The van der Waals surface area contributed by atoms with Crippen LogP contribution < -0.4 is 15.4 Å². The van der Waals surface area contributed by atoms with Crippen LogP contribution in [0.4, 0.5) is 5.69 Å². The van der Waals surface area contributed by atoms with Crippen molar-refractivity contribution in [3.8, 4) is 5.75 Å². The van der Waals surface area contributed by atoms with Gasteiger partial charge in [0.05, 0.1) is 7.11 Å². The highest BCUT2D eigenvalue weighted by atomic mass is 16.5. The SMILES string of the molecule is COc1ccc(C(=O)NC(C(=O)OCC(=O)Nc2ccc(C(C)C)cc2)C(C)C)cc1. The third-order valence-corrected chi connectivity index (χ3v) is 4.77. The third kappa shape index (κ3) is 7.13. The first kappa shape index (κ1) is 23.9. The van der Waals surface area contributed by atoms with Gasteiger partial charge in [-0.2, -0.15) is 0 Å². The van der Waals surface area contributed by atoms with Crippen molar-refractivity contribution < 1.29 is 23.9 Å². The van der Waals surface area contributed by atoms with Gasteiger partial charge in [-0.15, -0.1) is 0 Å². The van der Waals surface area contributed by atoms with Crippen LogP contribution in [0.25, 0.3) is 0 Å². The smallest absolute Gasteiger partial charge is 0.329 e. The fourth-order valence-corrected chi connectivity index (χ4v) is 2.84. The molecule has 31 heavy (non-hydrogen) atoms. The first-order valence-electron chi connectivity index (χ1n) is 10.2. The van der Waals surface area contributed by atoms with Crippen molar-refractivity contribution in [2.45, 2.75) is 39.7 Å². The highest BCUT2D eigenvalue weighted by Crippen LogP contribution is 2.17. The second kappa shape index (κ2) is 11.2. The number of rotatable bonds is 9. The summed E-state index contributed by atoms with van der Waals surface area (Å²) in [5.74, 6) is -0.723. The van der Waals surface area contributed by atoms with Crippen LogP contribution in [0.3, 0.4) is 0 Å². The van der Waals surface area contributed by atoms with Gasteiger partial charge in [0, 0.05) is 11.3 Å². The molecule has 7 nitrogen and oxygen atoms in total. The second-order valence-corrected chi connectivity index (χ2v) is 7.86. The Balaban J connectivity index is 1.90. The van der Waals surface area contributed by atoms with E-state index in [0.717, 1.165) is 5.56 Å². The summed E-state index contributed by atoms with van der Waals surface area (Å²) in [7, 11) is 1.54. The molecule has 1 atom stereocenters. The first-order valence-corrected chi connectivity index (χ1v) is 10.2. The molecule has 2 aromatic rings. The van der Waals surface area contributed by atoms with Crippen LogP contribution in [-0.2, 0) is 14.3 Å². The van der Waals surface area contributed by atoms with Gasteiger partial charge >= 0.3 is 5.97 Å². The topological polar surface area (TPSA) is 93.7 Å². The lowest BCUT2D eigenvalue weighted by Crippen LogP contribution is -2.45. The summed E-state index contributed by atoms with van der Waals surface area (Å²) in [5.41, 5.74) is 2.18. The van der Waals surface area contributed by atoms with Crippen LogP contribution in [0.2, 0.25) is 0 Å². The zero-order valence-corrected chi connectivity index (χ0v) is 18.6. The Hall–Kier alpha value is -3.35. The molecule has 0 aromatic heterocycles. The van der Waals surface area contributed by atoms with Crippen LogP contribution in [0.15, 0.2) is 48.5 Å². The van der Waals surface area contributed by atoms with Gasteiger partial charge in [-0.3, -0.25) is 9.59 Å². The number of carbonyl (C=O) groups excluding carboxylic acids is 3. The monoisotopic (exact) mass is 426 g/mol. The maximum absolute atomic E-state index is 12.5. The van der Waals surface area contributed by atoms with Crippen molar-refractivity contribution in [2.75, 3.05) is 19.0 Å². The molecule has 0 spiro atoms. The van der Waals surface area contributed by atoms with E-state index < -0.39 is 30.4 Å². The summed E-state index contributed by atoms with van der Waals surface area (Å²) in [6.45, 7) is 7.32. The number of hydrogen-bond acceptors (Lipinski definition) is 5. The highest BCUT2D eigenvalue weighted by molar-refractivity contribution is 5.97. The van der Waals surface area contributed by atoms with Crippen molar-refractivity contribution in [2.24, 2.45) is 5.92 Å². The summed E-state index contributed by atoms with van der Waals surface area (Å²) in [6.07, 6.45) is 0. The fourth-order valence-electron chi connectivity index (χ4n) is 2.84. The fraction of sp³-hybridized carbons (Fsp3) is 0.375. The number of carbonyl (C=O) groups is 3. The molecule has 0 aliphatic heterocycles. The summed E-state index contributed by atoms with van der Waals surface area (Å²) in [4.78, 5) is 37.1. The minimum atomic E-state index is -0.882. The molecule has 2 N–H and O–H groups in total. The molecule has 0 fully saturated rings. The van der Waals surface area contributed by atoms with Gasteiger partial charge in [-0.05, 0) is 53.8 Å². The van der Waals surface area contributed by atoms with E-state index in [4.69, 9.17) is 9.47 Å². The Morgan fingerprint density at radius 2 is 1.52 bits per heavy atom. The van der Waals surface area contributed by atoms with Crippen molar-refractivity contribution in [1.29, 1.82) is 0 Å². The molecule has 1 unspecified atom stereocenters. The summed E-state index contributed by atoms with van der Waals surface area (Å²) in [6, 6.07) is 13.1.